The molecule has 2 aromatic rings. The number of aryl methyl sites for hydroxylation is 2. The van der Waals surface area contributed by atoms with Gasteiger partial charge in [0.15, 0.2) is 0 Å². The minimum Gasteiger partial charge on any atom is -0.345 e. The third-order valence-corrected chi connectivity index (χ3v) is 4.82. The van der Waals surface area contributed by atoms with Crippen LogP contribution in [0.5, 0.6) is 0 Å². The van der Waals surface area contributed by atoms with Crippen LogP contribution in [0, 0.1) is 13.8 Å². The highest BCUT2D eigenvalue weighted by Crippen LogP contribution is 2.27. The second-order valence-electron chi connectivity index (χ2n) is 6.22. The molecule has 0 radical (unpaired) electrons. The zero-order valence-electron chi connectivity index (χ0n) is 14.5. The molecule has 0 fully saturated rings. The van der Waals surface area contributed by atoms with E-state index in [0.717, 1.165) is 16.0 Å². The van der Waals surface area contributed by atoms with E-state index in [9.17, 15) is 4.79 Å². The molecule has 0 saturated carbocycles. The first-order valence-electron chi connectivity index (χ1n) is 8.02. The molecule has 23 heavy (non-hydrogen) atoms. The van der Waals surface area contributed by atoms with Crippen molar-refractivity contribution >= 4 is 17.7 Å². The van der Waals surface area contributed by atoms with Crippen LogP contribution in [-0.2, 0) is 0 Å². The van der Waals surface area contributed by atoms with Crippen molar-refractivity contribution in [3.05, 3.63) is 64.7 Å². The molecule has 3 heteroatoms. The van der Waals surface area contributed by atoms with Gasteiger partial charge in [-0.3, -0.25) is 4.79 Å². The lowest BCUT2D eigenvalue weighted by Crippen LogP contribution is -2.27. The molecule has 1 atom stereocenters. The number of thioether (sulfide) groups is 1. The van der Waals surface area contributed by atoms with Crippen LogP contribution in [0.25, 0.3) is 0 Å². The molecule has 0 saturated heterocycles. The molecule has 2 nitrogen and oxygen atoms in total. The fourth-order valence-electron chi connectivity index (χ4n) is 2.67. The topological polar surface area (TPSA) is 29.1 Å². The lowest BCUT2D eigenvalue weighted by molar-refractivity contribution is 0.0937. The molecule has 0 heterocycles. The zero-order chi connectivity index (χ0) is 17.0. The van der Waals surface area contributed by atoms with Gasteiger partial charge in [0.25, 0.3) is 5.91 Å². The van der Waals surface area contributed by atoms with Crippen molar-refractivity contribution in [3.63, 3.8) is 0 Å². The molecule has 0 aliphatic carbocycles. The van der Waals surface area contributed by atoms with Gasteiger partial charge in [0.1, 0.15) is 0 Å². The van der Waals surface area contributed by atoms with Crippen molar-refractivity contribution in [2.24, 2.45) is 0 Å². The van der Waals surface area contributed by atoms with Crippen molar-refractivity contribution in [1.82, 2.24) is 5.32 Å². The maximum atomic E-state index is 12.7. The molecule has 0 aliphatic rings. The highest BCUT2D eigenvalue weighted by Gasteiger charge is 2.16. The minimum absolute atomic E-state index is 0.0128. The number of rotatable bonds is 5. The van der Waals surface area contributed by atoms with Crippen LogP contribution in [-0.4, -0.2) is 11.2 Å². The van der Waals surface area contributed by atoms with Crippen LogP contribution >= 0.6 is 11.8 Å². The molecular weight excluding hydrogens is 302 g/mol. The summed E-state index contributed by atoms with van der Waals surface area (Å²) in [4.78, 5) is 13.7. The van der Waals surface area contributed by atoms with E-state index in [1.807, 2.05) is 31.2 Å². The molecule has 2 aromatic carbocycles. The normalized spacial score (nSPS) is 12.3. The lowest BCUT2D eigenvalue weighted by atomic mass is 10.00. The van der Waals surface area contributed by atoms with E-state index in [-0.39, 0.29) is 11.9 Å². The molecule has 0 aromatic heterocycles. The predicted octanol–water partition coefficient (Wildman–Crippen LogP) is 5.29. The summed E-state index contributed by atoms with van der Waals surface area (Å²) in [6, 6.07) is 14.1. The Kier molecular flexibility index (Phi) is 5.89. The van der Waals surface area contributed by atoms with E-state index < -0.39 is 0 Å². The molecule has 1 N–H and O–H groups in total. The first kappa shape index (κ1) is 17.6. The van der Waals surface area contributed by atoms with Crippen LogP contribution in [0.4, 0.5) is 0 Å². The molecule has 122 valence electrons. The van der Waals surface area contributed by atoms with Crippen molar-refractivity contribution in [3.8, 4) is 0 Å². The average Bonchev–Trinajstić information content (AvgIpc) is 2.46. The van der Waals surface area contributed by atoms with Crippen LogP contribution in [0.3, 0.4) is 0 Å². The summed E-state index contributed by atoms with van der Waals surface area (Å²) in [6.07, 6.45) is 0. The van der Waals surface area contributed by atoms with E-state index in [1.165, 1.54) is 11.1 Å². The third-order valence-electron chi connectivity index (χ3n) is 3.73. The Morgan fingerprint density at radius 2 is 1.74 bits per heavy atom. The maximum absolute atomic E-state index is 12.7. The van der Waals surface area contributed by atoms with Crippen LogP contribution in [0.2, 0.25) is 0 Å². The Bertz CT molecular complexity index is 694. The number of benzene rings is 2. The van der Waals surface area contributed by atoms with Gasteiger partial charge in [-0.25, -0.2) is 0 Å². The van der Waals surface area contributed by atoms with Gasteiger partial charge in [-0.1, -0.05) is 49.7 Å². The summed E-state index contributed by atoms with van der Waals surface area (Å²) in [5.74, 6) is -0.0128. The van der Waals surface area contributed by atoms with Crippen LogP contribution in [0.15, 0.2) is 47.4 Å². The van der Waals surface area contributed by atoms with Crippen LogP contribution in [0.1, 0.15) is 53.9 Å². The molecule has 0 aliphatic heterocycles. The number of amides is 1. The Labute approximate surface area is 143 Å². The van der Waals surface area contributed by atoms with Gasteiger partial charge in [0, 0.05) is 10.1 Å². The lowest BCUT2D eigenvalue weighted by Gasteiger charge is -2.18. The fraction of sp³-hybridized carbons (Fsp3) is 0.350. The number of carbonyl (C=O) groups is 1. The van der Waals surface area contributed by atoms with Gasteiger partial charge in [0.2, 0.25) is 0 Å². The van der Waals surface area contributed by atoms with E-state index >= 15 is 0 Å². The van der Waals surface area contributed by atoms with Gasteiger partial charge in [0.05, 0.1) is 11.6 Å². The Hall–Kier alpha value is -1.74. The summed E-state index contributed by atoms with van der Waals surface area (Å²) in [6.45, 7) is 10.5. The average molecular weight is 327 g/mol. The monoisotopic (exact) mass is 327 g/mol. The standard InChI is InChI=1S/C20H25NOS/c1-13(2)23-19-9-7-6-8-18(19)20(22)21-16(5)17-11-10-14(3)12-15(17)4/h6-13,16H,1-5H3,(H,21,22)/t16-/m1/s1. The summed E-state index contributed by atoms with van der Waals surface area (Å²) < 4.78 is 0. The Morgan fingerprint density at radius 1 is 1.04 bits per heavy atom. The largest absolute Gasteiger partial charge is 0.345 e. The second kappa shape index (κ2) is 7.69. The Balaban J connectivity index is 2.18. The van der Waals surface area contributed by atoms with Crippen molar-refractivity contribution in [2.45, 2.75) is 50.8 Å². The summed E-state index contributed by atoms with van der Waals surface area (Å²) in [5.41, 5.74) is 4.37. The number of hydrogen-bond donors (Lipinski definition) is 1. The fourth-order valence-corrected chi connectivity index (χ4v) is 3.63. The SMILES string of the molecule is Cc1ccc([C@@H](C)NC(=O)c2ccccc2SC(C)C)c(C)c1. The van der Waals surface area contributed by atoms with Crippen molar-refractivity contribution < 1.29 is 4.79 Å². The van der Waals surface area contributed by atoms with E-state index in [4.69, 9.17) is 0 Å². The van der Waals surface area contributed by atoms with Crippen molar-refractivity contribution in [2.75, 3.05) is 0 Å². The highest BCUT2D eigenvalue weighted by atomic mass is 32.2. The summed E-state index contributed by atoms with van der Waals surface area (Å²) >= 11 is 1.72. The van der Waals surface area contributed by atoms with E-state index in [1.54, 1.807) is 11.8 Å². The molecule has 1 amide bonds. The minimum atomic E-state index is -0.0137. The van der Waals surface area contributed by atoms with Crippen molar-refractivity contribution in [1.29, 1.82) is 0 Å². The van der Waals surface area contributed by atoms with Gasteiger partial charge in [-0.15, -0.1) is 11.8 Å². The molecular formula is C20H25NOS. The molecule has 0 unspecified atom stereocenters. The highest BCUT2D eigenvalue weighted by molar-refractivity contribution is 8.00. The smallest absolute Gasteiger partial charge is 0.252 e. The van der Waals surface area contributed by atoms with Gasteiger partial charge in [-0.05, 0) is 44.0 Å². The van der Waals surface area contributed by atoms with Gasteiger partial charge in [-0.2, -0.15) is 0 Å². The Morgan fingerprint density at radius 3 is 2.39 bits per heavy atom. The number of carbonyl (C=O) groups excluding carboxylic acids is 1. The molecule has 0 spiro atoms. The quantitative estimate of drug-likeness (QED) is 0.756. The first-order chi connectivity index (χ1) is 10.9. The second-order valence-corrected chi connectivity index (χ2v) is 7.84. The van der Waals surface area contributed by atoms with E-state index in [2.05, 4.69) is 51.2 Å². The molecule has 2 rings (SSSR count). The van der Waals surface area contributed by atoms with Gasteiger partial charge >= 0.3 is 0 Å². The zero-order valence-corrected chi connectivity index (χ0v) is 15.3. The van der Waals surface area contributed by atoms with Gasteiger partial charge < -0.3 is 5.32 Å². The predicted molar refractivity (Wildman–Crippen MR) is 99.2 cm³/mol. The molecule has 0 bridgehead atoms. The van der Waals surface area contributed by atoms with Crippen LogP contribution < -0.4 is 5.32 Å². The third kappa shape index (κ3) is 4.61. The first-order valence-corrected chi connectivity index (χ1v) is 8.90. The van der Waals surface area contributed by atoms with E-state index in [0.29, 0.717) is 5.25 Å². The summed E-state index contributed by atoms with van der Waals surface area (Å²) in [7, 11) is 0. The number of hydrogen-bond acceptors (Lipinski definition) is 2. The maximum Gasteiger partial charge on any atom is 0.252 e. The number of nitrogens with one attached hydrogen (secondary N) is 1. The summed E-state index contributed by atoms with van der Waals surface area (Å²) in [5, 5.41) is 3.58.